The molecular weight excluding hydrogens is 386 g/mol. The molecule has 0 aliphatic carbocycles. The van der Waals surface area contributed by atoms with Crippen molar-refractivity contribution in [2.24, 2.45) is 4.99 Å². The van der Waals surface area contributed by atoms with Crippen molar-refractivity contribution in [2.75, 3.05) is 5.32 Å². The van der Waals surface area contributed by atoms with Gasteiger partial charge < -0.3 is 20.3 Å². The van der Waals surface area contributed by atoms with Crippen molar-refractivity contribution in [1.29, 1.82) is 10.5 Å². The summed E-state index contributed by atoms with van der Waals surface area (Å²) in [5.41, 5.74) is 0.354. The Morgan fingerprint density at radius 3 is 2.67 bits per heavy atom. The SMILES string of the molecule is CC1(C)Oc2ccc(C#N)cc2[C@@H](N=C(NC#N)Nc2cccc(C(=O)O)c2)[C@@H]1O. The van der Waals surface area contributed by atoms with Crippen LogP contribution in [0.1, 0.15) is 41.4 Å². The van der Waals surface area contributed by atoms with Gasteiger partial charge in [0.25, 0.3) is 0 Å². The summed E-state index contributed by atoms with van der Waals surface area (Å²) >= 11 is 0. The second-order valence-corrected chi connectivity index (χ2v) is 7.19. The average molecular weight is 405 g/mol. The molecule has 0 unspecified atom stereocenters. The minimum absolute atomic E-state index is 0.00935. The minimum atomic E-state index is -1.09. The zero-order chi connectivity index (χ0) is 21.9. The molecule has 2 atom stereocenters. The quantitative estimate of drug-likeness (QED) is 0.263. The first kappa shape index (κ1) is 20.6. The molecule has 1 aliphatic heterocycles. The number of anilines is 1. The first-order valence-corrected chi connectivity index (χ1v) is 8.99. The van der Waals surface area contributed by atoms with Crippen LogP contribution in [0.25, 0.3) is 0 Å². The summed E-state index contributed by atoms with van der Waals surface area (Å²) in [7, 11) is 0. The lowest BCUT2D eigenvalue weighted by atomic mass is 9.86. The maximum Gasteiger partial charge on any atom is 0.335 e. The molecule has 1 aliphatic rings. The third kappa shape index (κ3) is 4.17. The van der Waals surface area contributed by atoms with E-state index in [1.807, 2.05) is 6.07 Å². The number of hydrogen-bond acceptors (Lipinski definition) is 6. The maximum absolute atomic E-state index is 11.2. The van der Waals surface area contributed by atoms with Crippen molar-refractivity contribution >= 4 is 17.6 Å². The summed E-state index contributed by atoms with van der Waals surface area (Å²) in [5.74, 6) is -0.609. The van der Waals surface area contributed by atoms with E-state index in [-0.39, 0.29) is 11.5 Å². The van der Waals surface area contributed by atoms with E-state index in [0.29, 0.717) is 22.6 Å². The van der Waals surface area contributed by atoms with Crippen LogP contribution in [0.3, 0.4) is 0 Å². The van der Waals surface area contributed by atoms with Crippen molar-refractivity contribution in [3.05, 3.63) is 59.2 Å². The highest BCUT2D eigenvalue weighted by atomic mass is 16.5. The van der Waals surface area contributed by atoms with Crippen LogP contribution in [0.4, 0.5) is 5.69 Å². The van der Waals surface area contributed by atoms with Gasteiger partial charge >= 0.3 is 5.97 Å². The van der Waals surface area contributed by atoms with Crippen LogP contribution in [0.2, 0.25) is 0 Å². The average Bonchev–Trinajstić information content (AvgIpc) is 2.71. The van der Waals surface area contributed by atoms with Crippen molar-refractivity contribution in [3.8, 4) is 18.0 Å². The van der Waals surface area contributed by atoms with E-state index in [1.54, 1.807) is 50.4 Å². The fraction of sp³-hybridized carbons (Fsp3) is 0.238. The number of ether oxygens (including phenoxy) is 1. The Morgan fingerprint density at radius 2 is 2.00 bits per heavy atom. The highest BCUT2D eigenvalue weighted by molar-refractivity contribution is 5.96. The number of nitrogens with zero attached hydrogens (tertiary/aromatic N) is 3. The molecule has 4 N–H and O–H groups in total. The number of fused-ring (bicyclic) bond motifs is 1. The predicted octanol–water partition coefficient (Wildman–Crippen LogP) is 2.37. The molecule has 0 spiro atoms. The molecule has 0 fully saturated rings. The van der Waals surface area contributed by atoms with Gasteiger partial charge in [0, 0.05) is 11.3 Å². The highest BCUT2D eigenvalue weighted by Gasteiger charge is 2.43. The first-order valence-electron chi connectivity index (χ1n) is 8.99. The molecule has 0 amide bonds. The zero-order valence-corrected chi connectivity index (χ0v) is 16.2. The Bertz CT molecular complexity index is 1100. The number of aliphatic imine (C=N–C) groups is 1. The minimum Gasteiger partial charge on any atom is -0.485 e. The number of aromatic carboxylic acids is 1. The van der Waals surface area contributed by atoms with E-state index < -0.39 is 23.7 Å². The lowest BCUT2D eigenvalue weighted by molar-refractivity contribution is -0.0567. The van der Waals surface area contributed by atoms with Gasteiger partial charge in [-0.3, -0.25) is 5.32 Å². The van der Waals surface area contributed by atoms with Gasteiger partial charge in [0.05, 0.1) is 17.2 Å². The Hall–Kier alpha value is -4.08. The summed E-state index contributed by atoms with van der Waals surface area (Å²) in [6.45, 7) is 3.42. The zero-order valence-electron chi connectivity index (χ0n) is 16.2. The summed E-state index contributed by atoms with van der Waals surface area (Å²) < 4.78 is 5.86. The van der Waals surface area contributed by atoms with Crippen molar-refractivity contribution < 1.29 is 19.7 Å². The van der Waals surface area contributed by atoms with Gasteiger partial charge in [-0.05, 0) is 50.2 Å². The molecule has 0 saturated heterocycles. The molecule has 9 heteroatoms. The number of rotatable bonds is 3. The normalized spacial score (nSPS) is 19.4. The summed E-state index contributed by atoms with van der Waals surface area (Å²) in [5, 5.41) is 43.7. The lowest BCUT2D eigenvalue weighted by Crippen LogP contribution is -2.49. The number of carbonyl (C=O) groups is 1. The Kier molecular flexibility index (Phi) is 5.58. The first-order chi connectivity index (χ1) is 14.2. The molecule has 1 heterocycles. The molecule has 30 heavy (non-hydrogen) atoms. The van der Waals surface area contributed by atoms with Crippen LogP contribution in [-0.4, -0.2) is 33.8 Å². The van der Waals surface area contributed by atoms with E-state index in [9.17, 15) is 15.2 Å². The lowest BCUT2D eigenvalue weighted by Gasteiger charge is -2.40. The third-order valence-electron chi connectivity index (χ3n) is 4.66. The number of nitriles is 2. The Balaban J connectivity index is 2.04. The third-order valence-corrected chi connectivity index (χ3v) is 4.66. The molecule has 2 aromatic carbocycles. The maximum atomic E-state index is 11.2. The van der Waals surface area contributed by atoms with Gasteiger partial charge in [0.2, 0.25) is 5.96 Å². The van der Waals surface area contributed by atoms with Gasteiger partial charge in [-0.1, -0.05) is 6.07 Å². The van der Waals surface area contributed by atoms with E-state index in [2.05, 4.69) is 15.6 Å². The number of hydrogen-bond donors (Lipinski definition) is 4. The van der Waals surface area contributed by atoms with E-state index >= 15 is 0 Å². The van der Waals surface area contributed by atoms with E-state index in [1.165, 1.54) is 12.1 Å². The molecule has 0 radical (unpaired) electrons. The molecule has 0 saturated carbocycles. The molecule has 9 nitrogen and oxygen atoms in total. The fourth-order valence-corrected chi connectivity index (χ4v) is 3.13. The number of aliphatic hydroxyl groups is 1. The van der Waals surface area contributed by atoms with Gasteiger partial charge in [-0.2, -0.15) is 10.5 Å². The predicted molar refractivity (Wildman–Crippen MR) is 108 cm³/mol. The molecular formula is C21H19N5O4. The summed E-state index contributed by atoms with van der Waals surface area (Å²) in [6.07, 6.45) is 0.690. The highest BCUT2D eigenvalue weighted by Crippen LogP contribution is 2.42. The number of aliphatic hydroxyl groups excluding tert-OH is 1. The molecule has 152 valence electrons. The van der Waals surface area contributed by atoms with Gasteiger partial charge in [0.15, 0.2) is 6.19 Å². The largest absolute Gasteiger partial charge is 0.485 e. The van der Waals surface area contributed by atoms with Crippen LogP contribution >= 0.6 is 0 Å². The number of carboxylic acid groups (broad SMARTS) is 1. The second kappa shape index (κ2) is 8.11. The molecule has 0 bridgehead atoms. The van der Waals surface area contributed by atoms with Crippen molar-refractivity contribution in [1.82, 2.24) is 5.32 Å². The van der Waals surface area contributed by atoms with Crippen LogP contribution in [-0.2, 0) is 0 Å². The molecule has 3 rings (SSSR count). The van der Waals surface area contributed by atoms with E-state index in [4.69, 9.17) is 15.1 Å². The monoisotopic (exact) mass is 405 g/mol. The van der Waals surface area contributed by atoms with Gasteiger partial charge in [-0.25, -0.2) is 9.79 Å². The van der Waals surface area contributed by atoms with Crippen LogP contribution < -0.4 is 15.4 Å². The topological polar surface area (TPSA) is 151 Å². The van der Waals surface area contributed by atoms with Gasteiger partial charge in [0.1, 0.15) is 23.5 Å². The fourth-order valence-electron chi connectivity index (χ4n) is 3.13. The number of nitrogens with one attached hydrogen (secondary N) is 2. The Labute approximate surface area is 172 Å². The summed E-state index contributed by atoms with van der Waals surface area (Å²) in [6, 6.07) is 12.0. The van der Waals surface area contributed by atoms with Crippen LogP contribution in [0, 0.1) is 22.8 Å². The van der Waals surface area contributed by atoms with Crippen LogP contribution in [0.5, 0.6) is 5.75 Å². The molecule has 0 aromatic heterocycles. The number of benzene rings is 2. The summed E-state index contributed by atoms with van der Waals surface area (Å²) in [4.78, 5) is 15.7. The standard InChI is InChI=1S/C21H19N5O4/c1-21(2)18(27)17(15-8-12(10-22)6-7-16(15)30-21)26-20(24-11-23)25-14-5-3-4-13(9-14)19(28)29/h3-9,17-18,27H,1-2H3,(H,28,29)(H2,24,25,26)/t17-,18+/m1/s1. The van der Waals surface area contributed by atoms with Crippen LogP contribution in [0.15, 0.2) is 47.5 Å². The van der Waals surface area contributed by atoms with Gasteiger partial charge in [-0.15, -0.1) is 0 Å². The number of guanidine groups is 1. The molecule has 2 aromatic rings. The van der Waals surface area contributed by atoms with E-state index in [0.717, 1.165) is 0 Å². The van der Waals surface area contributed by atoms with Crippen molar-refractivity contribution in [2.45, 2.75) is 31.6 Å². The number of carboxylic acids is 1. The Morgan fingerprint density at radius 1 is 1.23 bits per heavy atom. The smallest absolute Gasteiger partial charge is 0.335 e. The van der Waals surface area contributed by atoms with Crippen molar-refractivity contribution in [3.63, 3.8) is 0 Å². The second-order valence-electron chi connectivity index (χ2n) is 7.19.